The maximum atomic E-state index is 12.3. The summed E-state index contributed by atoms with van der Waals surface area (Å²) in [5, 5.41) is 11.1. The van der Waals surface area contributed by atoms with Gasteiger partial charge in [0.05, 0.1) is 12.2 Å². The van der Waals surface area contributed by atoms with Gasteiger partial charge in [-0.25, -0.2) is 0 Å². The normalized spacial score (nSPS) is 17.7. The molecule has 140 valence electrons. The van der Waals surface area contributed by atoms with Crippen LogP contribution >= 0.6 is 11.5 Å². The molecule has 1 fully saturated rings. The minimum atomic E-state index is -0.162. The highest BCUT2D eigenvalue weighted by atomic mass is 32.1. The molecule has 0 aliphatic carbocycles. The Balaban J connectivity index is 1.43. The number of piperidine rings is 1. The molecule has 3 heterocycles. The molecule has 4 rings (SSSR count). The number of hydrogen-bond acceptors (Lipinski definition) is 8. The second kappa shape index (κ2) is 7.93. The van der Waals surface area contributed by atoms with Gasteiger partial charge >= 0.3 is 0 Å². The van der Waals surface area contributed by atoms with Crippen LogP contribution in [0.1, 0.15) is 52.9 Å². The van der Waals surface area contributed by atoms with Crippen molar-refractivity contribution in [2.45, 2.75) is 38.8 Å². The van der Waals surface area contributed by atoms with Crippen LogP contribution in [0.3, 0.4) is 0 Å². The first-order valence-corrected chi connectivity index (χ1v) is 9.68. The minimum Gasteiger partial charge on any atom is -0.338 e. The Morgan fingerprint density at radius 2 is 2.19 bits per heavy atom. The lowest BCUT2D eigenvalue weighted by atomic mass is 10.0. The lowest BCUT2D eigenvalue weighted by molar-refractivity contribution is 0.102. The van der Waals surface area contributed by atoms with Crippen molar-refractivity contribution >= 4 is 22.4 Å². The molecule has 8 nitrogen and oxygen atoms in total. The third-order valence-electron chi connectivity index (χ3n) is 4.64. The van der Waals surface area contributed by atoms with E-state index >= 15 is 0 Å². The molecule has 1 amide bonds. The van der Waals surface area contributed by atoms with Gasteiger partial charge in [0, 0.05) is 23.6 Å². The Labute approximate surface area is 160 Å². The molecule has 27 heavy (non-hydrogen) atoms. The van der Waals surface area contributed by atoms with Crippen molar-refractivity contribution in [3.8, 4) is 0 Å². The Morgan fingerprint density at radius 1 is 1.33 bits per heavy atom. The highest BCUT2D eigenvalue weighted by Gasteiger charge is 2.28. The van der Waals surface area contributed by atoms with Gasteiger partial charge < -0.3 is 9.84 Å². The summed E-state index contributed by atoms with van der Waals surface area (Å²) in [6, 6.07) is 7.82. The number of likely N-dealkylation sites (tertiary alicyclic amines) is 1. The number of aromatic nitrogens is 4. The van der Waals surface area contributed by atoms with Crippen molar-refractivity contribution in [3.63, 3.8) is 0 Å². The number of amides is 1. The smallest absolute Gasteiger partial charge is 0.256 e. The SMILES string of the molecule is Cc1noc([C@H]2CCCCN2Cc2ccc(C(=O)Nc3cnns3)cc2)n1. The monoisotopic (exact) mass is 384 g/mol. The fourth-order valence-electron chi connectivity index (χ4n) is 3.31. The van der Waals surface area contributed by atoms with Crippen LogP contribution in [0.25, 0.3) is 0 Å². The maximum Gasteiger partial charge on any atom is 0.256 e. The second-order valence-corrected chi connectivity index (χ2v) is 7.38. The van der Waals surface area contributed by atoms with Crippen LogP contribution in [0.2, 0.25) is 0 Å². The van der Waals surface area contributed by atoms with Crippen LogP contribution in [0.15, 0.2) is 35.0 Å². The molecule has 9 heteroatoms. The molecule has 2 aromatic heterocycles. The average Bonchev–Trinajstić information content (AvgIpc) is 3.34. The van der Waals surface area contributed by atoms with E-state index in [1.165, 1.54) is 6.20 Å². The number of nitrogens with zero attached hydrogens (tertiary/aromatic N) is 5. The first kappa shape index (κ1) is 17.7. The van der Waals surface area contributed by atoms with Crippen molar-refractivity contribution in [1.82, 2.24) is 24.6 Å². The average molecular weight is 384 g/mol. The summed E-state index contributed by atoms with van der Waals surface area (Å²) in [5.74, 6) is 1.20. The van der Waals surface area contributed by atoms with Crippen LogP contribution in [0.5, 0.6) is 0 Å². The van der Waals surface area contributed by atoms with Crippen molar-refractivity contribution < 1.29 is 9.32 Å². The molecular weight excluding hydrogens is 364 g/mol. The van der Waals surface area contributed by atoms with Gasteiger partial charge in [-0.2, -0.15) is 4.98 Å². The van der Waals surface area contributed by atoms with Crippen LogP contribution in [0, 0.1) is 6.92 Å². The quantitative estimate of drug-likeness (QED) is 0.721. The van der Waals surface area contributed by atoms with Gasteiger partial charge in [0.2, 0.25) is 5.89 Å². The highest BCUT2D eigenvalue weighted by molar-refractivity contribution is 7.10. The third-order valence-corrected chi connectivity index (χ3v) is 5.22. The van der Waals surface area contributed by atoms with Gasteiger partial charge in [0.25, 0.3) is 5.91 Å². The number of hydrogen-bond donors (Lipinski definition) is 1. The van der Waals surface area contributed by atoms with E-state index in [4.69, 9.17) is 4.52 Å². The molecule has 1 N–H and O–H groups in total. The summed E-state index contributed by atoms with van der Waals surface area (Å²) in [6.45, 7) is 3.62. The van der Waals surface area contributed by atoms with E-state index in [0.29, 0.717) is 22.3 Å². The fraction of sp³-hybridized carbons (Fsp3) is 0.389. The number of anilines is 1. The van der Waals surface area contributed by atoms with Crippen LogP contribution in [-0.4, -0.2) is 37.1 Å². The summed E-state index contributed by atoms with van der Waals surface area (Å²) < 4.78 is 9.14. The molecule has 1 aliphatic rings. The van der Waals surface area contributed by atoms with Gasteiger partial charge in [-0.15, -0.1) is 5.10 Å². The van der Waals surface area contributed by atoms with Gasteiger partial charge in [-0.3, -0.25) is 9.69 Å². The Hall–Kier alpha value is -2.65. The highest BCUT2D eigenvalue weighted by Crippen LogP contribution is 2.31. The molecule has 1 aliphatic heterocycles. The molecule has 1 aromatic carbocycles. The van der Waals surface area contributed by atoms with Crippen LogP contribution in [-0.2, 0) is 6.54 Å². The number of rotatable bonds is 5. The van der Waals surface area contributed by atoms with Crippen molar-refractivity contribution in [2.75, 3.05) is 11.9 Å². The number of carbonyl (C=O) groups excluding carboxylic acids is 1. The standard InChI is InChI=1S/C18H20N6O2S/c1-12-20-18(26-22-12)15-4-2-3-9-24(15)11-13-5-7-14(8-6-13)17(25)21-16-10-19-23-27-16/h5-8,10,15H,2-4,9,11H2,1H3,(H,21,25)/t15-/m1/s1. The van der Waals surface area contributed by atoms with E-state index in [0.717, 1.165) is 49.4 Å². The Kier molecular flexibility index (Phi) is 5.21. The second-order valence-electron chi connectivity index (χ2n) is 6.59. The Bertz CT molecular complexity index is 893. The summed E-state index contributed by atoms with van der Waals surface area (Å²) in [5.41, 5.74) is 1.75. The molecule has 0 spiro atoms. The summed E-state index contributed by atoms with van der Waals surface area (Å²) in [6.07, 6.45) is 4.87. The van der Waals surface area contributed by atoms with E-state index < -0.39 is 0 Å². The fourth-order valence-corrected chi connectivity index (χ4v) is 3.73. The predicted octanol–water partition coefficient (Wildman–Crippen LogP) is 3.21. The van der Waals surface area contributed by atoms with Gasteiger partial charge in [-0.05, 0) is 44.0 Å². The van der Waals surface area contributed by atoms with Gasteiger partial charge in [-0.1, -0.05) is 28.2 Å². The molecule has 3 aromatic rings. The molecule has 0 unspecified atom stereocenters. The lowest BCUT2D eigenvalue weighted by Crippen LogP contribution is -2.33. The summed E-state index contributed by atoms with van der Waals surface area (Å²) in [7, 11) is 0. The number of carbonyl (C=O) groups is 1. The van der Waals surface area contributed by atoms with Crippen LogP contribution in [0.4, 0.5) is 5.00 Å². The molecule has 0 radical (unpaired) electrons. The van der Waals surface area contributed by atoms with E-state index in [9.17, 15) is 4.79 Å². The predicted molar refractivity (Wildman–Crippen MR) is 100 cm³/mol. The first-order chi connectivity index (χ1) is 13.2. The van der Waals surface area contributed by atoms with Crippen molar-refractivity contribution in [1.29, 1.82) is 0 Å². The van der Waals surface area contributed by atoms with E-state index in [2.05, 4.69) is 29.9 Å². The summed E-state index contributed by atoms with van der Waals surface area (Å²) >= 11 is 1.15. The van der Waals surface area contributed by atoms with Gasteiger partial charge in [0.15, 0.2) is 5.82 Å². The topological polar surface area (TPSA) is 97.0 Å². The van der Waals surface area contributed by atoms with E-state index in [1.807, 2.05) is 31.2 Å². The number of benzene rings is 1. The molecular formula is C18H20N6O2S. The first-order valence-electron chi connectivity index (χ1n) is 8.91. The van der Waals surface area contributed by atoms with E-state index in [1.54, 1.807) is 0 Å². The zero-order valence-corrected chi connectivity index (χ0v) is 15.8. The van der Waals surface area contributed by atoms with E-state index in [-0.39, 0.29) is 11.9 Å². The van der Waals surface area contributed by atoms with Gasteiger partial charge in [0.1, 0.15) is 5.00 Å². The number of aryl methyl sites for hydroxylation is 1. The van der Waals surface area contributed by atoms with Crippen molar-refractivity contribution in [3.05, 3.63) is 53.3 Å². The lowest BCUT2D eigenvalue weighted by Gasteiger charge is -2.33. The molecule has 0 saturated carbocycles. The zero-order valence-electron chi connectivity index (χ0n) is 15.0. The minimum absolute atomic E-state index is 0.154. The van der Waals surface area contributed by atoms with Crippen molar-refractivity contribution in [2.24, 2.45) is 0 Å². The molecule has 1 atom stereocenters. The largest absolute Gasteiger partial charge is 0.338 e. The molecule has 0 bridgehead atoms. The molecule has 1 saturated heterocycles. The maximum absolute atomic E-state index is 12.3. The Morgan fingerprint density at radius 3 is 2.89 bits per heavy atom. The zero-order chi connectivity index (χ0) is 18.6. The summed E-state index contributed by atoms with van der Waals surface area (Å²) in [4.78, 5) is 19.0. The van der Waals surface area contributed by atoms with Crippen LogP contribution < -0.4 is 5.32 Å². The number of nitrogens with one attached hydrogen (secondary N) is 1. The third kappa shape index (κ3) is 4.20.